The fourth-order valence-electron chi connectivity index (χ4n) is 2.04. The predicted molar refractivity (Wildman–Crippen MR) is 91.9 cm³/mol. The molecule has 2 aromatic rings. The minimum atomic E-state index is 0.0765. The zero-order chi connectivity index (χ0) is 16.7. The fraction of sp³-hybridized carbons (Fsp3) is 0.294. The largest absolute Gasteiger partial charge is 0.492 e. The van der Waals surface area contributed by atoms with Crippen molar-refractivity contribution in [2.45, 2.75) is 19.4 Å². The van der Waals surface area contributed by atoms with Gasteiger partial charge in [-0.1, -0.05) is 23.2 Å². The van der Waals surface area contributed by atoms with E-state index in [9.17, 15) is 4.79 Å². The molecule has 1 amide bonds. The summed E-state index contributed by atoms with van der Waals surface area (Å²) in [6.45, 7) is 1.00. The van der Waals surface area contributed by atoms with Crippen LogP contribution in [0.5, 0.6) is 5.75 Å². The standard InChI is InChI=1S/C17H18Cl2N2O2/c1-21(12-13-6-8-20-9-7-13)17(22)3-2-10-23-16-5-4-14(18)11-15(16)19/h4-9,11H,2-3,10,12H2,1H3. The van der Waals surface area contributed by atoms with Crippen molar-refractivity contribution in [2.24, 2.45) is 0 Å². The number of hydrogen-bond acceptors (Lipinski definition) is 3. The molecular weight excluding hydrogens is 335 g/mol. The molecule has 0 aliphatic carbocycles. The summed E-state index contributed by atoms with van der Waals surface area (Å²) >= 11 is 11.8. The molecule has 0 saturated heterocycles. The second kappa shape index (κ2) is 8.75. The van der Waals surface area contributed by atoms with Gasteiger partial charge in [-0.05, 0) is 42.3 Å². The number of halogens is 2. The first-order chi connectivity index (χ1) is 11.1. The Morgan fingerprint density at radius 1 is 1.22 bits per heavy atom. The van der Waals surface area contributed by atoms with Crippen molar-refractivity contribution in [2.75, 3.05) is 13.7 Å². The van der Waals surface area contributed by atoms with E-state index in [2.05, 4.69) is 4.98 Å². The van der Waals surface area contributed by atoms with E-state index >= 15 is 0 Å². The van der Waals surface area contributed by atoms with Crippen molar-refractivity contribution in [3.63, 3.8) is 0 Å². The lowest BCUT2D eigenvalue weighted by Crippen LogP contribution is -2.26. The summed E-state index contributed by atoms with van der Waals surface area (Å²) in [6.07, 6.45) is 4.49. The summed E-state index contributed by atoms with van der Waals surface area (Å²) in [5.41, 5.74) is 1.06. The summed E-state index contributed by atoms with van der Waals surface area (Å²) in [6, 6.07) is 8.87. The van der Waals surface area contributed by atoms with E-state index in [1.807, 2.05) is 12.1 Å². The Hall–Kier alpha value is -1.78. The summed E-state index contributed by atoms with van der Waals surface area (Å²) in [5, 5.41) is 1.04. The topological polar surface area (TPSA) is 42.4 Å². The normalized spacial score (nSPS) is 10.4. The molecule has 1 heterocycles. The third kappa shape index (κ3) is 5.73. The van der Waals surface area contributed by atoms with Gasteiger partial charge in [0.1, 0.15) is 5.75 Å². The van der Waals surface area contributed by atoms with E-state index in [1.54, 1.807) is 42.5 Å². The molecule has 0 saturated carbocycles. The summed E-state index contributed by atoms with van der Waals surface area (Å²) in [5.74, 6) is 0.654. The number of amides is 1. The number of pyridine rings is 1. The van der Waals surface area contributed by atoms with Gasteiger partial charge in [0, 0.05) is 37.4 Å². The first kappa shape index (κ1) is 17.6. The van der Waals surface area contributed by atoms with Crippen molar-refractivity contribution in [3.8, 4) is 5.75 Å². The van der Waals surface area contributed by atoms with Crippen LogP contribution < -0.4 is 4.74 Å². The SMILES string of the molecule is CN(Cc1ccncc1)C(=O)CCCOc1ccc(Cl)cc1Cl. The molecule has 1 aromatic carbocycles. The Kier molecular flexibility index (Phi) is 6.68. The van der Waals surface area contributed by atoms with E-state index in [0.717, 1.165) is 5.56 Å². The molecular formula is C17H18Cl2N2O2. The molecule has 0 spiro atoms. The van der Waals surface area contributed by atoms with Crippen molar-refractivity contribution >= 4 is 29.1 Å². The Morgan fingerprint density at radius 3 is 2.65 bits per heavy atom. The van der Waals surface area contributed by atoms with Crippen LogP contribution in [-0.2, 0) is 11.3 Å². The van der Waals surface area contributed by atoms with Crippen LogP contribution in [0.15, 0.2) is 42.7 Å². The smallest absolute Gasteiger partial charge is 0.222 e. The zero-order valence-corrected chi connectivity index (χ0v) is 14.3. The summed E-state index contributed by atoms with van der Waals surface area (Å²) in [7, 11) is 1.79. The van der Waals surface area contributed by atoms with Gasteiger partial charge in [0.2, 0.25) is 5.91 Å². The maximum Gasteiger partial charge on any atom is 0.222 e. The second-order valence-corrected chi connectivity index (χ2v) is 5.98. The number of benzene rings is 1. The molecule has 4 nitrogen and oxygen atoms in total. The lowest BCUT2D eigenvalue weighted by molar-refractivity contribution is -0.130. The molecule has 0 unspecified atom stereocenters. The third-order valence-corrected chi connectivity index (χ3v) is 3.81. The average Bonchev–Trinajstić information content (AvgIpc) is 2.54. The van der Waals surface area contributed by atoms with E-state index in [1.165, 1.54) is 0 Å². The van der Waals surface area contributed by atoms with Crippen LogP contribution >= 0.6 is 23.2 Å². The number of nitrogens with zero attached hydrogens (tertiary/aromatic N) is 2. The average molecular weight is 353 g/mol. The summed E-state index contributed by atoms with van der Waals surface area (Å²) in [4.78, 5) is 17.7. The van der Waals surface area contributed by atoms with Gasteiger partial charge in [0.05, 0.1) is 11.6 Å². The van der Waals surface area contributed by atoms with Gasteiger partial charge >= 0.3 is 0 Å². The molecule has 0 bridgehead atoms. The van der Waals surface area contributed by atoms with Crippen LogP contribution in [0.4, 0.5) is 0 Å². The van der Waals surface area contributed by atoms with Crippen LogP contribution in [-0.4, -0.2) is 29.4 Å². The maximum atomic E-state index is 12.1. The Morgan fingerprint density at radius 2 is 1.96 bits per heavy atom. The van der Waals surface area contributed by atoms with E-state index in [0.29, 0.717) is 41.8 Å². The van der Waals surface area contributed by atoms with Gasteiger partial charge in [0.15, 0.2) is 0 Å². The van der Waals surface area contributed by atoms with E-state index in [4.69, 9.17) is 27.9 Å². The lowest BCUT2D eigenvalue weighted by atomic mass is 10.2. The molecule has 122 valence electrons. The van der Waals surface area contributed by atoms with Crippen molar-refractivity contribution < 1.29 is 9.53 Å². The van der Waals surface area contributed by atoms with Gasteiger partial charge < -0.3 is 9.64 Å². The second-order valence-electron chi connectivity index (χ2n) is 5.13. The molecule has 23 heavy (non-hydrogen) atoms. The first-order valence-electron chi connectivity index (χ1n) is 7.27. The third-order valence-electron chi connectivity index (χ3n) is 3.28. The number of carbonyl (C=O) groups is 1. The monoisotopic (exact) mass is 352 g/mol. The number of hydrogen-bond donors (Lipinski definition) is 0. The van der Waals surface area contributed by atoms with Gasteiger partial charge in [-0.2, -0.15) is 0 Å². The Balaban J connectivity index is 1.72. The van der Waals surface area contributed by atoms with Crippen LogP contribution in [0.2, 0.25) is 10.0 Å². The molecule has 0 aliphatic rings. The molecule has 0 aliphatic heterocycles. The molecule has 6 heteroatoms. The highest BCUT2D eigenvalue weighted by Gasteiger charge is 2.09. The number of ether oxygens (including phenoxy) is 1. The van der Waals surface area contributed by atoms with Crippen molar-refractivity contribution in [3.05, 3.63) is 58.3 Å². The molecule has 0 fully saturated rings. The van der Waals surface area contributed by atoms with Crippen LogP contribution in [0.1, 0.15) is 18.4 Å². The van der Waals surface area contributed by atoms with Crippen LogP contribution in [0, 0.1) is 0 Å². The molecule has 1 aromatic heterocycles. The Labute approximate surface area is 146 Å². The van der Waals surface area contributed by atoms with E-state index in [-0.39, 0.29) is 5.91 Å². The highest BCUT2D eigenvalue weighted by Crippen LogP contribution is 2.27. The molecule has 0 atom stereocenters. The number of aromatic nitrogens is 1. The predicted octanol–water partition coefficient (Wildman–Crippen LogP) is 4.21. The molecule has 0 radical (unpaired) electrons. The number of rotatable bonds is 7. The fourth-order valence-corrected chi connectivity index (χ4v) is 2.50. The van der Waals surface area contributed by atoms with Crippen molar-refractivity contribution in [1.82, 2.24) is 9.88 Å². The van der Waals surface area contributed by atoms with Crippen LogP contribution in [0.25, 0.3) is 0 Å². The molecule has 2 rings (SSSR count). The Bertz CT molecular complexity index is 650. The quantitative estimate of drug-likeness (QED) is 0.701. The number of carbonyl (C=O) groups excluding carboxylic acids is 1. The lowest BCUT2D eigenvalue weighted by Gasteiger charge is -2.17. The van der Waals surface area contributed by atoms with Crippen molar-refractivity contribution in [1.29, 1.82) is 0 Å². The summed E-state index contributed by atoms with van der Waals surface area (Å²) < 4.78 is 5.57. The first-order valence-corrected chi connectivity index (χ1v) is 8.02. The zero-order valence-electron chi connectivity index (χ0n) is 12.8. The minimum absolute atomic E-state index is 0.0765. The van der Waals surface area contributed by atoms with Gasteiger partial charge in [-0.25, -0.2) is 0 Å². The highest BCUT2D eigenvalue weighted by molar-refractivity contribution is 6.35. The maximum absolute atomic E-state index is 12.1. The molecule has 0 N–H and O–H groups in total. The van der Waals surface area contributed by atoms with E-state index < -0.39 is 0 Å². The van der Waals surface area contributed by atoms with Gasteiger partial charge in [-0.3, -0.25) is 9.78 Å². The van der Waals surface area contributed by atoms with Crippen LogP contribution in [0.3, 0.4) is 0 Å². The minimum Gasteiger partial charge on any atom is -0.492 e. The van der Waals surface area contributed by atoms with Gasteiger partial charge in [-0.15, -0.1) is 0 Å². The highest BCUT2D eigenvalue weighted by atomic mass is 35.5. The van der Waals surface area contributed by atoms with Gasteiger partial charge in [0.25, 0.3) is 0 Å².